The molecule has 0 saturated carbocycles. The number of rotatable bonds is 15. The molecule has 43 heavy (non-hydrogen) atoms. The number of carbonyl (C=O) groups excluding carboxylic acids is 2. The third-order valence-corrected chi connectivity index (χ3v) is 9.13. The highest BCUT2D eigenvalue weighted by molar-refractivity contribution is 5.83. The molecule has 6 nitrogen and oxygen atoms in total. The number of hydrogen-bond donors (Lipinski definition) is 1. The van der Waals surface area contributed by atoms with Crippen LogP contribution in [-0.4, -0.2) is 29.3 Å². The molecule has 246 valence electrons. The molecule has 0 saturated heterocycles. The molecular formula is C37H63NO5. The lowest BCUT2D eigenvalue weighted by Gasteiger charge is -2.38. The van der Waals surface area contributed by atoms with Gasteiger partial charge < -0.3 is 19.5 Å². The molecule has 1 heterocycles. The first-order chi connectivity index (χ1) is 19.9. The smallest absolute Gasteiger partial charge is 0.408 e. The summed E-state index contributed by atoms with van der Waals surface area (Å²) < 4.78 is 17.9. The first kappa shape index (κ1) is 36.9. The molecule has 1 aromatic rings. The van der Waals surface area contributed by atoms with E-state index in [0.717, 1.165) is 65.0 Å². The maximum Gasteiger partial charge on any atom is 0.408 e. The lowest BCUT2D eigenvalue weighted by atomic mass is 9.83. The fraction of sp³-hybridized carbons (Fsp3) is 0.784. The van der Waals surface area contributed by atoms with Crippen LogP contribution in [0.3, 0.4) is 0 Å². The van der Waals surface area contributed by atoms with E-state index in [4.69, 9.17) is 14.2 Å². The summed E-state index contributed by atoms with van der Waals surface area (Å²) in [6.07, 6.45) is 12.8. The molecule has 0 aromatic heterocycles. The van der Waals surface area contributed by atoms with E-state index in [1.54, 1.807) is 27.7 Å². The van der Waals surface area contributed by atoms with Crippen molar-refractivity contribution in [1.29, 1.82) is 0 Å². The van der Waals surface area contributed by atoms with Gasteiger partial charge in [-0.1, -0.05) is 72.6 Å². The van der Waals surface area contributed by atoms with Crippen LogP contribution >= 0.6 is 0 Å². The number of ether oxygens (including phenoxy) is 3. The molecule has 0 spiro atoms. The van der Waals surface area contributed by atoms with Gasteiger partial charge in [-0.3, -0.25) is 0 Å². The molecule has 1 aliphatic heterocycles. The van der Waals surface area contributed by atoms with E-state index < -0.39 is 23.7 Å². The van der Waals surface area contributed by atoms with Crippen LogP contribution in [0.15, 0.2) is 0 Å². The molecule has 1 aromatic carbocycles. The van der Waals surface area contributed by atoms with Crippen molar-refractivity contribution in [3.05, 3.63) is 22.3 Å². The normalized spacial score (nSPS) is 18.8. The Labute approximate surface area is 263 Å². The zero-order valence-electron chi connectivity index (χ0n) is 29.6. The molecule has 2 rings (SSSR count). The molecule has 6 heteroatoms. The summed E-state index contributed by atoms with van der Waals surface area (Å²) in [5, 5.41) is 2.58. The van der Waals surface area contributed by atoms with E-state index in [-0.39, 0.29) is 5.60 Å². The van der Waals surface area contributed by atoms with Crippen LogP contribution in [0.2, 0.25) is 0 Å². The van der Waals surface area contributed by atoms with Crippen LogP contribution in [0.1, 0.15) is 149 Å². The third-order valence-electron chi connectivity index (χ3n) is 9.13. The van der Waals surface area contributed by atoms with Crippen LogP contribution in [0.5, 0.6) is 11.5 Å². The van der Waals surface area contributed by atoms with Gasteiger partial charge in [0.2, 0.25) is 0 Å². The number of hydrogen-bond acceptors (Lipinski definition) is 5. The van der Waals surface area contributed by atoms with Crippen molar-refractivity contribution in [3.63, 3.8) is 0 Å². The van der Waals surface area contributed by atoms with Crippen LogP contribution < -0.4 is 14.8 Å². The molecule has 0 unspecified atom stereocenters. The maximum absolute atomic E-state index is 12.9. The second-order valence-corrected chi connectivity index (χ2v) is 15.2. The van der Waals surface area contributed by atoms with Gasteiger partial charge in [-0.15, -0.1) is 0 Å². The van der Waals surface area contributed by atoms with Crippen LogP contribution in [0.4, 0.5) is 4.79 Å². The van der Waals surface area contributed by atoms with Crippen molar-refractivity contribution < 1.29 is 23.8 Å². The molecule has 1 N–H and O–H groups in total. The SMILES string of the molecule is Cc1c(C)c2c(c(C)c1OC(=O)[C@@H](C)NC(=O)OC(C)(C)C)CC[C@](C)(CCC[C@H](C)CCC[C@@H](C)CCCC(C)C)O2. The molecule has 0 aliphatic carbocycles. The number of carbonyl (C=O) groups is 2. The summed E-state index contributed by atoms with van der Waals surface area (Å²) in [6.45, 7) is 24.7. The van der Waals surface area contributed by atoms with Crippen molar-refractivity contribution in [1.82, 2.24) is 5.32 Å². The standard InChI is InChI=1S/C37H63NO5/c1-24(2)16-13-17-25(3)18-14-19-26(4)20-15-22-37(12)23-21-31-29(7)32(27(5)28(6)33(31)42-37)41-34(39)30(8)38-35(40)43-36(9,10)11/h24-26,30H,13-23H2,1-12H3,(H,38,40)/t25-,26+,30+,37-/m0/s1. The van der Waals surface area contributed by atoms with Crippen LogP contribution in [0.25, 0.3) is 0 Å². The number of benzene rings is 1. The maximum atomic E-state index is 12.9. The number of alkyl carbamates (subject to hydrolysis) is 1. The first-order valence-electron chi connectivity index (χ1n) is 16.9. The summed E-state index contributed by atoms with van der Waals surface area (Å²) in [7, 11) is 0. The Balaban J connectivity index is 1.92. The predicted molar refractivity (Wildman–Crippen MR) is 177 cm³/mol. The zero-order valence-corrected chi connectivity index (χ0v) is 29.6. The van der Waals surface area contributed by atoms with Gasteiger partial charge in [-0.05, 0) is 116 Å². The third kappa shape index (κ3) is 12.0. The number of nitrogens with one attached hydrogen (secondary N) is 1. The van der Waals surface area contributed by atoms with Gasteiger partial charge in [0, 0.05) is 5.56 Å². The largest absolute Gasteiger partial charge is 0.487 e. The van der Waals surface area contributed by atoms with Gasteiger partial charge >= 0.3 is 12.1 Å². The van der Waals surface area contributed by atoms with Crippen molar-refractivity contribution in [2.75, 3.05) is 0 Å². The van der Waals surface area contributed by atoms with E-state index >= 15 is 0 Å². The fourth-order valence-corrected chi connectivity index (χ4v) is 6.15. The van der Waals surface area contributed by atoms with E-state index in [1.807, 2.05) is 20.8 Å². The second kappa shape index (κ2) is 16.2. The summed E-state index contributed by atoms with van der Waals surface area (Å²) >= 11 is 0. The van der Waals surface area contributed by atoms with Crippen molar-refractivity contribution in [2.45, 2.75) is 171 Å². The Hall–Kier alpha value is -2.24. The summed E-state index contributed by atoms with van der Waals surface area (Å²) in [5.74, 6) is 3.40. The highest BCUT2D eigenvalue weighted by Crippen LogP contribution is 2.45. The van der Waals surface area contributed by atoms with Gasteiger partial charge in [-0.25, -0.2) is 9.59 Å². The van der Waals surface area contributed by atoms with Gasteiger partial charge in [0.05, 0.1) is 0 Å². The lowest BCUT2D eigenvalue weighted by molar-refractivity contribution is -0.136. The Morgan fingerprint density at radius 1 is 0.860 bits per heavy atom. The Bertz CT molecular complexity index is 1070. The zero-order chi connectivity index (χ0) is 32.5. The van der Waals surface area contributed by atoms with Crippen LogP contribution in [0, 0.1) is 38.5 Å². The average Bonchev–Trinajstić information content (AvgIpc) is 2.88. The highest BCUT2D eigenvalue weighted by Gasteiger charge is 2.35. The molecule has 0 bridgehead atoms. The quantitative estimate of drug-likeness (QED) is 0.160. The van der Waals surface area contributed by atoms with E-state index in [1.165, 1.54) is 51.4 Å². The van der Waals surface area contributed by atoms with Crippen molar-refractivity contribution >= 4 is 12.1 Å². The Morgan fingerprint density at radius 3 is 1.98 bits per heavy atom. The van der Waals surface area contributed by atoms with Gasteiger partial charge in [0.15, 0.2) is 0 Å². The minimum Gasteiger partial charge on any atom is -0.487 e. The molecule has 1 aliphatic rings. The monoisotopic (exact) mass is 601 g/mol. The Morgan fingerprint density at radius 2 is 1.42 bits per heavy atom. The summed E-state index contributed by atoms with van der Waals surface area (Å²) in [6, 6.07) is -0.843. The molecule has 1 amide bonds. The van der Waals surface area contributed by atoms with Gasteiger partial charge in [0.1, 0.15) is 28.7 Å². The molecular weight excluding hydrogens is 538 g/mol. The van der Waals surface area contributed by atoms with E-state index in [0.29, 0.717) is 5.75 Å². The Kier molecular flexibility index (Phi) is 13.9. The summed E-state index contributed by atoms with van der Waals surface area (Å²) in [4.78, 5) is 25.1. The van der Waals surface area contributed by atoms with Gasteiger partial charge in [0.25, 0.3) is 0 Å². The predicted octanol–water partition coefficient (Wildman–Crippen LogP) is 9.95. The molecule has 0 fully saturated rings. The summed E-state index contributed by atoms with van der Waals surface area (Å²) in [5.41, 5.74) is 3.13. The molecule has 4 atom stereocenters. The van der Waals surface area contributed by atoms with E-state index in [2.05, 4.69) is 39.9 Å². The lowest BCUT2D eigenvalue weighted by Crippen LogP contribution is -2.43. The minimum absolute atomic E-state index is 0.189. The van der Waals surface area contributed by atoms with Crippen molar-refractivity contribution in [3.8, 4) is 11.5 Å². The topological polar surface area (TPSA) is 73.9 Å². The highest BCUT2D eigenvalue weighted by atomic mass is 16.6. The number of amides is 1. The number of fused-ring (bicyclic) bond motifs is 1. The number of esters is 1. The second-order valence-electron chi connectivity index (χ2n) is 15.2. The fourth-order valence-electron chi connectivity index (χ4n) is 6.15. The molecule has 0 radical (unpaired) electrons. The average molecular weight is 602 g/mol. The first-order valence-corrected chi connectivity index (χ1v) is 16.9. The van der Waals surface area contributed by atoms with E-state index in [9.17, 15) is 9.59 Å². The minimum atomic E-state index is -0.843. The van der Waals surface area contributed by atoms with Gasteiger partial charge in [-0.2, -0.15) is 0 Å². The van der Waals surface area contributed by atoms with Crippen molar-refractivity contribution in [2.24, 2.45) is 17.8 Å². The van der Waals surface area contributed by atoms with Crippen LogP contribution in [-0.2, 0) is 16.0 Å².